The van der Waals surface area contributed by atoms with E-state index in [0.717, 1.165) is 12.2 Å². The Hall–Kier alpha value is -1.78. The first kappa shape index (κ1) is 16.2. The molecule has 4 atom stereocenters. The number of thioether (sulfide) groups is 1. The summed E-state index contributed by atoms with van der Waals surface area (Å²) >= 11 is 2.18. The average molecular weight is 376 g/mol. The molecule has 4 unspecified atom stereocenters. The van der Waals surface area contributed by atoms with Crippen molar-refractivity contribution in [2.75, 3.05) is 7.05 Å². The Kier molecular flexibility index (Phi) is 3.37. The predicted octanol–water partition coefficient (Wildman–Crippen LogP) is 5.33. The first-order valence-corrected chi connectivity index (χ1v) is 11.0. The highest BCUT2D eigenvalue weighted by Crippen LogP contribution is 2.60. The summed E-state index contributed by atoms with van der Waals surface area (Å²) in [6.07, 6.45) is 4.72. The molecule has 1 fully saturated rings. The van der Waals surface area contributed by atoms with Crippen molar-refractivity contribution in [3.8, 4) is 0 Å². The molecule has 1 saturated heterocycles. The summed E-state index contributed by atoms with van der Waals surface area (Å²) < 4.78 is 2.66. The standard InChI is InChI=1S/C23H25N3S/c1-13-4-7-17-16(10-13)21-18-8-9-19(25(18)3)23-22(21)26(17)12-20(27-23)15-6-5-14(2)24-11-15/h4-7,10-11,18-20,23H,8-9,12H2,1-3H3. The van der Waals surface area contributed by atoms with E-state index in [9.17, 15) is 0 Å². The molecule has 3 aliphatic rings. The highest BCUT2D eigenvalue weighted by molar-refractivity contribution is 7.99. The minimum atomic E-state index is 0.478. The largest absolute Gasteiger partial charge is 0.342 e. The maximum Gasteiger partial charge on any atom is 0.0616 e. The summed E-state index contributed by atoms with van der Waals surface area (Å²) in [5, 5.41) is 2.54. The normalized spacial score (nSPS) is 29.3. The summed E-state index contributed by atoms with van der Waals surface area (Å²) in [4.78, 5) is 7.25. The molecule has 4 heteroatoms. The van der Waals surface area contributed by atoms with Crippen LogP contribution in [0, 0.1) is 13.8 Å². The van der Waals surface area contributed by atoms with E-state index in [-0.39, 0.29) is 0 Å². The number of pyridine rings is 1. The van der Waals surface area contributed by atoms with E-state index in [2.05, 4.69) is 83.6 Å². The highest BCUT2D eigenvalue weighted by atomic mass is 32.2. The number of benzene rings is 1. The fourth-order valence-electron chi connectivity index (χ4n) is 5.62. The summed E-state index contributed by atoms with van der Waals surface area (Å²) in [5.74, 6) is 0. The molecular weight excluding hydrogens is 350 g/mol. The Morgan fingerprint density at radius 2 is 2.00 bits per heavy atom. The highest BCUT2D eigenvalue weighted by Gasteiger charge is 2.49. The molecule has 0 amide bonds. The zero-order valence-electron chi connectivity index (χ0n) is 16.1. The van der Waals surface area contributed by atoms with E-state index >= 15 is 0 Å². The van der Waals surface area contributed by atoms with Gasteiger partial charge in [-0.2, -0.15) is 0 Å². The number of aromatic nitrogens is 2. The third-order valence-electron chi connectivity index (χ3n) is 6.97. The fourth-order valence-corrected chi connectivity index (χ4v) is 7.40. The van der Waals surface area contributed by atoms with Gasteiger partial charge < -0.3 is 4.57 Å². The van der Waals surface area contributed by atoms with E-state index in [0.29, 0.717) is 22.6 Å². The van der Waals surface area contributed by atoms with Crippen molar-refractivity contribution in [1.82, 2.24) is 14.5 Å². The van der Waals surface area contributed by atoms with Gasteiger partial charge in [0.1, 0.15) is 0 Å². The number of likely N-dealkylation sites (N-methyl/N-ethyl adjacent to an activating group) is 1. The molecule has 0 saturated carbocycles. The van der Waals surface area contributed by atoms with Crippen LogP contribution < -0.4 is 0 Å². The number of aryl methyl sites for hydroxylation is 2. The van der Waals surface area contributed by atoms with Crippen LogP contribution in [0.4, 0.5) is 0 Å². The van der Waals surface area contributed by atoms with Crippen molar-refractivity contribution in [2.24, 2.45) is 0 Å². The Morgan fingerprint density at radius 3 is 2.81 bits per heavy atom. The third-order valence-corrected chi connectivity index (χ3v) is 8.55. The maximum absolute atomic E-state index is 4.58. The molecule has 6 rings (SSSR count). The molecule has 0 aliphatic carbocycles. The molecule has 0 spiro atoms. The van der Waals surface area contributed by atoms with Crippen molar-refractivity contribution < 1.29 is 0 Å². The molecule has 1 aromatic carbocycles. The second kappa shape index (κ2) is 5.62. The van der Waals surface area contributed by atoms with E-state index < -0.39 is 0 Å². The molecule has 3 aliphatic heterocycles. The molecule has 3 aromatic rings. The zero-order chi connectivity index (χ0) is 18.3. The van der Waals surface area contributed by atoms with Gasteiger partial charge in [-0.1, -0.05) is 17.7 Å². The first-order valence-electron chi connectivity index (χ1n) is 10.0. The Morgan fingerprint density at radius 1 is 1.11 bits per heavy atom. The average Bonchev–Trinajstić information content (AvgIpc) is 3.12. The topological polar surface area (TPSA) is 21.1 Å². The lowest BCUT2D eigenvalue weighted by molar-refractivity contribution is 0.216. The summed E-state index contributed by atoms with van der Waals surface area (Å²) in [5.41, 5.74) is 8.52. The van der Waals surface area contributed by atoms with Crippen LogP contribution in [0.2, 0.25) is 0 Å². The molecule has 2 bridgehead atoms. The van der Waals surface area contributed by atoms with Gasteiger partial charge in [0.05, 0.1) is 5.25 Å². The lowest BCUT2D eigenvalue weighted by atomic mass is 9.96. The number of hydrogen-bond acceptors (Lipinski definition) is 3. The number of rotatable bonds is 1. The third kappa shape index (κ3) is 2.17. The lowest BCUT2D eigenvalue weighted by Gasteiger charge is -2.42. The molecule has 138 valence electrons. The van der Waals surface area contributed by atoms with Gasteiger partial charge in [-0.05, 0) is 63.1 Å². The van der Waals surface area contributed by atoms with E-state index in [1.165, 1.54) is 34.9 Å². The van der Waals surface area contributed by atoms with Crippen LogP contribution in [0.15, 0.2) is 36.5 Å². The van der Waals surface area contributed by atoms with Crippen molar-refractivity contribution in [1.29, 1.82) is 0 Å². The van der Waals surface area contributed by atoms with Gasteiger partial charge in [0, 0.05) is 52.4 Å². The quantitative estimate of drug-likeness (QED) is 0.573. The molecule has 5 heterocycles. The summed E-state index contributed by atoms with van der Waals surface area (Å²) in [7, 11) is 2.35. The molecule has 27 heavy (non-hydrogen) atoms. The van der Waals surface area contributed by atoms with Gasteiger partial charge >= 0.3 is 0 Å². The lowest BCUT2D eigenvalue weighted by Crippen LogP contribution is -2.39. The minimum absolute atomic E-state index is 0.478. The first-order chi connectivity index (χ1) is 13.1. The second-order valence-electron chi connectivity index (χ2n) is 8.53. The monoisotopic (exact) mass is 375 g/mol. The van der Waals surface area contributed by atoms with Crippen molar-refractivity contribution >= 4 is 22.7 Å². The number of fused-ring (bicyclic) bond motifs is 7. The van der Waals surface area contributed by atoms with Crippen LogP contribution in [0.25, 0.3) is 10.9 Å². The van der Waals surface area contributed by atoms with E-state index in [1.807, 2.05) is 0 Å². The van der Waals surface area contributed by atoms with Gasteiger partial charge in [0.2, 0.25) is 0 Å². The van der Waals surface area contributed by atoms with E-state index in [4.69, 9.17) is 0 Å². The van der Waals surface area contributed by atoms with Crippen LogP contribution in [0.1, 0.15) is 57.5 Å². The van der Waals surface area contributed by atoms with Crippen molar-refractivity contribution in [3.05, 3.63) is 64.6 Å². The van der Waals surface area contributed by atoms with Gasteiger partial charge in [0.25, 0.3) is 0 Å². The summed E-state index contributed by atoms with van der Waals surface area (Å²) in [6, 6.07) is 12.8. The maximum atomic E-state index is 4.58. The molecular formula is C23H25N3S. The smallest absolute Gasteiger partial charge is 0.0616 e. The van der Waals surface area contributed by atoms with Gasteiger partial charge in [-0.25, -0.2) is 0 Å². The van der Waals surface area contributed by atoms with Gasteiger partial charge in [0.15, 0.2) is 0 Å². The zero-order valence-corrected chi connectivity index (χ0v) is 17.0. The molecule has 2 aromatic heterocycles. The summed E-state index contributed by atoms with van der Waals surface area (Å²) in [6.45, 7) is 5.35. The van der Waals surface area contributed by atoms with Crippen LogP contribution >= 0.6 is 11.8 Å². The van der Waals surface area contributed by atoms with Crippen molar-refractivity contribution in [2.45, 2.75) is 55.8 Å². The van der Waals surface area contributed by atoms with E-state index in [1.54, 1.807) is 11.3 Å². The Labute approximate surface area is 164 Å². The minimum Gasteiger partial charge on any atom is -0.342 e. The van der Waals surface area contributed by atoms with Crippen LogP contribution in [0.3, 0.4) is 0 Å². The molecule has 3 nitrogen and oxygen atoms in total. The number of hydrogen-bond donors (Lipinski definition) is 0. The Bertz CT molecular complexity index is 1050. The SMILES string of the molecule is Cc1ccc2c(c1)c1c3n2CC(c2ccc(C)nc2)SC3C2CCC1N2C. The number of nitrogens with zero attached hydrogens (tertiary/aromatic N) is 3. The van der Waals surface area contributed by atoms with Gasteiger partial charge in [-0.15, -0.1) is 11.8 Å². The van der Waals surface area contributed by atoms with Crippen LogP contribution in [-0.4, -0.2) is 27.5 Å². The second-order valence-corrected chi connectivity index (χ2v) is 9.88. The van der Waals surface area contributed by atoms with Crippen LogP contribution in [-0.2, 0) is 6.54 Å². The fraction of sp³-hybridized carbons (Fsp3) is 0.435. The van der Waals surface area contributed by atoms with Crippen molar-refractivity contribution in [3.63, 3.8) is 0 Å². The van der Waals surface area contributed by atoms with Crippen LogP contribution in [0.5, 0.6) is 0 Å². The Balaban J connectivity index is 1.58. The van der Waals surface area contributed by atoms with Gasteiger partial charge in [-0.3, -0.25) is 9.88 Å². The predicted molar refractivity (Wildman–Crippen MR) is 112 cm³/mol. The molecule has 0 radical (unpaired) electrons. The molecule has 0 N–H and O–H groups in total.